The van der Waals surface area contributed by atoms with Crippen LogP contribution in [0.1, 0.15) is 6.92 Å². The van der Waals surface area contributed by atoms with Gasteiger partial charge >= 0.3 is 0 Å². The largest absolute Gasteiger partial charge is 0.377 e. The molecular formula is C15H22N2. The van der Waals surface area contributed by atoms with Gasteiger partial charge in [-0.25, -0.2) is 0 Å². The van der Waals surface area contributed by atoms with Crippen molar-refractivity contribution in [1.82, 2.24) is 4.90 Å². The molecule has 0 amide bonds. The fraction of sp³-hybridized carbons (Fsp3) is 0.333. The Bertz CT molecular complexity index is 510. The van der Waals surface area contributed by atoms with Crippen LogP contribution in [-0.4, -0.2) is 33.1 Å². The molecule has 92 valence electrons. The van der Waals surface area contributed by atoms with Gasteiger partial charge in [0.2, 0.25) is 0 Å². The van der Waals surface area contributed by atoms with Crippen molar-refractivity contribution >= 4 is 18.0 Å². The van der Waals surface area contributed by atoms with E-state index in [1.165, 1.54) is 16.6 Å². The van der Waals surface area contributed by atoms with Gasteiger partial charge in [0, 0.05) is 44.8 Å². The van der Waals surface area contributed by atoms with Crippen LogP contribution in [0.4, 0.5) is 5.69 Å². The standard InChI is InChI=1S/C15H22N2/c1-7-9-13(16(3)4)15-12(2)10-8-11-14(15)17(5)6/h7-11H,2H2,1,3-6H3/b9-7-,15-13-. The van der Waals surface area contributed by atoms with Crippen LogP contribution in [0.25, 0.3) is 12.3 Å². The second-order valence-electron chi connectivity index (χ2n) is 4.49. The molecule has 0 bridgehead atoms. The lowest BCUT2D eigenvalue weighted by atomic mass is 10.1. The average molecular weight is 230 g/mol. The van der Waals surface area contributed by atoms with E-state index in [0.717, 1.165) is 5.22 Å². The quantitative estimate of drug-likeness (QED) is 0.774. The Hall–Kier alpha value is -1.70. The average Bonchev–Trinajstić information content (AvgIpc) is 2.25. The van der Waals surface area contributed by atoms with Gasteiger partial charge < -0.3 is 9.80 Å². The minimum absolute atomic E-state index is 1.05. The molecule has 1 aromatic carbocycles. The third-order valence-electron chi connectivity index (χ3n) is 2.67. The lowest BCUT2D eigenvalue weighted by molar-refractivity contribution is 0.591. The van der Waals surface area contributed by atoms with E-state index in [0.29, 0.717) is 0 Å². The van der Waals surface area contributed by atoms with E-state index in [1.807, 2.05) is 13.0 Å². The summed E-state index contributed by atoms with van der Waals surface area (Å²) < 4.78 is 0. The summed E-state index contributed by atoms with van der Waals surface area (Å²) in [7, 11) is 8.23. The molecular weight excluding hydrogens is 208 g/mol. The Kier molecular flexibility index (Phi) is 4.38. The van der Waals surface area contributed by atoms with E-state index in [9.17, 15) is 0 Å². The van der Waals surface area contributed by atoms with Gasteiger partial charge in [-0.1, -0.05) is 24.8 Å². The highest BCUT2D eigenvalue weighted by Gasteiger charge is 2.04. The maximum Gasteiger partial charge on any atom is 0.0461 e. The molecule has 0 aliphatic heterocycles. The monoisotopic (exact) mass is 230 g/mol. The van der Waals surface area contributed by atoms with Crippen LogP contribution in [0.2, 0.25) is 0 Å². The molecule has 0 spiro atoms. The van der Waals surface area contributed by atoms with Crippen molar-refractivity contribution in [3.63, 3.8) is 0 Å². The summed E-state index contributed by atoms with van der Waals surface area (Å²) >= 11 is 0. The first kappa shape index (κ1) is 13.4. The van der Waals surface area contributed by atoms with Gasteiger partial charge in [0.15, 0.2) is 0 Å². The molecule has 2 heteroatoms. The Morgan fingerprint density at radius 3 is 2.29 bits per heavy atom. The maximum atomic E-state index is 4.14. The summed E-state index contributed by atoms with van der Waals surface area (Å²) in [6.07, 6.45) is 4.18. The third kappa shape index (κ3) is 2.90. The number of allylic oxidation sites excluding steroid dienone is 1. The Morgan fingerprint density at radius 1 is 1.18 bits per heavy atom. The van der Waals surface area contributed by atoms with Crippen LogP contribution in [0.15, 0.2) is 30.4 Å². The lowest BCUT2D eigenvalue weighted by Crippen LogP contribution is -2.35. The van der Waals surface area contributed by atoms with E-state index >= 15 is 0 Å². The normalized spacial score (nSPS) is 12.8. The predicted octanol–water partition coefficient (Wildman–Crippen LogP) is 1.41. The van der Waals surface area contributed by atoms with Crippen molar-refractivity contribution in [1.29, 1.82) is 0 Å². The van der Waals surface area contributed by atoms with E-state index in [-0.39, 0.29) is 0 Å². The highest BCUT2D eigenvalue weighted by molar-refractivity contribution is 5.63. The topological polar surface area (TPSA) is 6.48 Å². The maximum absolute atomic E-state index is 4.14. The van der Waals surface area contributed by atoms with Gasteiger partial charge in [0.1, 0.15) is 0 Å². The van der Waals surface area contributed by atoms with Crippen molar-refractivity contribution < 1.29 is 0 Å². The summed E-state index contributed by atoms with van der Waals surface area (Å²) in [4.78, 5) is 4.24. The van der Waals surface area contributed by atoms with Crippen LogP contribution in [-0.2, 0) is 0 Å². The molecule has 0 aliphatic rings. The minimum Gasteiger partial charge on any atom is -0.377 e. The van der Waals surface area contributed by atoms with Crippen molar-refractivity contribution in [2.24, 2.45) is 0 Å². The number of anilines is 1. The molecule has 2 nitrogen and oxygen atoms in total. The lowest BCUT2D eigenvalue weighted by Gasteiger charge is -2.19. The van der Waals surface area contributed by atoms with E-state index < -0.39 is 0 Å². The molecule has 0 aliphatic carbocycles. The fourth-order valence-corrected chi connectivity index (χ4v) is 1.87. The van der Waals surface area contributed by atoms with Gasteiger partial charge in [-0.15, -0.1) is 0 Å². The SMILES string of the molecule is C=c1cccc(N(C)C)/c1=C(/C=C\C)N(C)C. The smallest absolute Gasteiger partial charge is 0.0461 e. The zero-order chi connectivity index (χ0) is 13.0. The van der Waals surface area contributed by atoms with E-state index in [1.54, 1.807) is 0 Å². The molecule has 0 fully saturated rings. The molecule has 0 saturated carbocycles. The van der Waals surface area contributed by atoms with Crippen molar-refractivity contribution in [2.75, 3.05) is 33.1 Å². The van der Waals surface area contributed by atoms with Crippen molar-refractivity contribution in [2.45, 2.75) is 6.92 Å². The molecule has 0 saturated heterocycles. The third-order valence-corrected chi connectivity index (χ3v) is 2.67. The number of nitrogens with zero attached hydrogens (tertiary/aromatic N) is 2. The van der Waals surface area contributed by atoms with Crippen LogP contribution in [0.5, 0.6) is 0 Å². The van der Waals surface area contributed by atoms with Gasteiger partial charge in [0.25, 0.3) is 0 Å². The number of hydrogen-bond donors (Lipinski definition) is 0. The highest BCUT2D eigenvalue weighted by Crippen LogP contribution is 2.06. The summed E-state index contributed by atoms with van der Waals surface area (Å²) in [6.45, 7) is 6.17. The molecule has 0 radical (unpaired) electrons. The zero-order valence-electron chi connectivity index (χ0n) is 11.5. The number of benzene rings is 1. The summed E-state index contributed by atoms with van der Waals surface area (Å²) in [5, 5.41) is 2.25. The van der Waals surface area contributed by atoms with Crippen LogP contribution in [0.3, 0.4) is 0 Å². The Balaban J connectivity index is 3.77. The molecule has 17 heavy (non-hydrogen) atoms. The van der Waals surface area contributed by atoms with Gasteiger partial charge in [0.05, 0.1) is 0 Å². The second-order valence-corrected chi connectivity index (χ2v) is 4.49. The van der Waals surface area contributed by atoms with Gasteiger partial charge in [-0.3, -0.25) is 0 Å². The van der Waals surface area contributed by atoms with Crippen LogP contribution >= 0.6 is 0 Å². The first-order chi connectivity index (χ1) is 7.99. The van der Waals surface area contributed by atoms with Crippen LogP contribution < -0.4 is 15.3 Å². The first-order valence-corrected chi connectivity index (χ1v) is 5.78. The molecule has 1 aromatic rings. The summed E-state index contributed by atoms with van der Waals surface area (Å²) in [6, 6.07) is 6.22. The number of rotatable bonds is 3. The van der Waals surface area contributed by atoms with E-state index in [4.69, 9.17) is 0 Å². The van der Waals surface area contributed by atoms with Gasteiger partial charge in [-0.2, -0.15) is 0 Å². The van der Waals surface area contributed by atoms with Crippen LogP contribution in [0, 0.1) is 0 Å². The van der Waals surface area contributed by atoms with Crippen molar-refractivity contribution in [3.05, 3.63) is 40.8 Å². The predicted molar refractivity (Wildman–Crippen MR) is 77.5 cm³/mol. The first-order valence-electron chi connectivity index (χ1n) is 5.78. The summed E-state index contributed by atoms with van der Waals surface area (Å²) in [5.41, 5.74) is 2.38. The minimum atomic E-state index is 1.05. The Morgan fingerprint density at radius 2 is 1.82 bits per heavy atom. The van der Waals surface area contributed by atoms with Gasteiger partial charge in [-0.05, 0) is 24.3 Å². The molecule has 0 atom stereocenters. The second kappa shape index (κ2) is 5.58. The van der Waals surface area contributed by atoms with Crippen molar-refractivity contribution in [3.8, 4) is 0 Å². The number of hydrogen-bond acceptors (Lipinski definition) is 2. The summed E-state index contributed by atoms with van der Waals surface area (Å²) in [5.74, 6) is 0. The molecule has 0 heterocycles. The molecule has 1 rings (SSSR count). The zero-order valence-corrected chi connectivity index (χ0v) is 11.5. The number of likely N-dealkylation sites (N-methyl/N-ethyl adjacent to an activating group) is 1. The molecule has 0 unspecified atom stereocenters. The van der Waals surface area contributed by atoms with E-state index in [2.05, 4.69) is 68.9 Å². The molecule has 0 aromatic heterocycles. The molecule has 0 N–H and O–H groups in total. The Labute approximate surface area is 104 Å². The fourth-order valence-electron chi connectivity index (χ4n) is 1.87. The highest BCUT2D eigenvalue weighted by atomic mass is 15.1.